The minimum atomic E-state index is -2.64. The topological polar surface area (TPSA) is 43.4 Å². The van der Waals surface area contributed by atoms with Gasteiger partial charge in [0.05, 0.1) is 6.61 Å². The third kappa shape index (κ3) is 18.9. The van der Waals surface area contributed by atoms with Crippen LogP contribution in [0, 0.1) is 0 Å². The van der Waals surface area contributed by atoms with Gasteiger partial charge in [0.15, 0.2) is 0 Å². The predicted molar refractivity (Wildman–Crippen MR) is 79.9 cm³/mol. The van der Waals surface area contributed by atoms with Crippen LogP contribution in [0.4, 0.5) is 0 Å². The number of hydrogen-bond acceptors (Lipinski definition) is 3. The SMILES string of the molecule is CCCCCCCCCCCCCO[SH](=O)=O.[LiH]. The summed E-state index contributed by atoms with van der Waals surface area (Å²) in [6.45, 7) is 2.60. The Balaban J connectivity index is 0. The second-order valence-electron chi connectivity index (χ2n) is 4.59. The van der Waals surface area contributed by atoms with Gasteiger partial charge < -0.3 is 0 Å². The minimum absolute atomic E-state index is 0. The van der Waals surface area contributed by atoms with Gasteiger partial charge in [-0.1, -0.05) is 71.1 Å². The van der Waals surface area contributed by atoms with Crippen molar-refractivity contribution in [1.82, 2.24) is 0 Å². The van der Waals surface area contributed by atoms with E-state index in [1.807, 2.05) is 0 Å². The van der Waals surface area contributed by atoms with Crippen LogP contribution in [-0.2, 0) is 15.2 Å². The van der Waals surface area contributed by atoms with E-state index in [4.69, 9.17) is 0 Å². The molecule has 0 saturated carbocycles. The summed E-state index contributed by atoms with van der Waals surface area (Å²) >= 11 is 0. The first kappa shape index (κ1) is 20.8. The van der Waals surface area contributed by atoms with E-state index in [2.05, 4.69) is 11.1 Å². The van der Waals surface area contributed by atoms with Crippen LogP contribution in [0.3, 0.4) is 0 Å². The van der Waals surface area contributed by atoms with Crippen molar-refractivity contribution in [2.75, 3.05) is 6.61 Å². The van der Waals surface area contributed by atoms with Gasteiger partial charge in [0.2, 0.25) is 0 Å². The third-order valence-corrected chi connectivity index (χ3v) is 3.34. The Bertz CT molecular complexity index is 212. The Morgan fingerprint density at radius 2 is 1.11 bits per heavy atom. The van der Waals surface area contributed by atoms with E-state index in [0.717, 1.165) is 12.8 Å². The summed E-state index contributed by atoms with van der Waals surface area (Å²) < 4.78 is 24.7. The molecule has 0 aromatic heterocycles. The molecule has 3 nitrogen and oxygen atoms in total. The molecule has 0 amide bonds. The fourth-order valence-corrected chi connectivity index (χ4v) is 2.18. The van der Waals surface area contributed by atoms with Crippen molar-refractivity contribution in [3.63, 3.8) is 0 Å². The average molecular weight is 272 g/mol. The van der Waals surface area contributed by atoms with Crippen molar-refractivity contribution in [3.8, 4) is 0 Å². The molecule has 0 aliphatic rings. The van der Waals surface area contributed by atoms with Crippen LogP contribution in [-0.4, -0.2) is 33.9 Å². The molecule has 0 atom stereocenters. The molecule has 106 valence electrons. The molecule has 0 heterocycles. The molecular formula is C13H29LiO3S. The van der Waals surface area contributed by atoms with Gasteiger partial charge in [0.25, 0.3) is 11.0 Å². The van der Waals surface area contributed by atoms with Gasteiger partial charge in [-0.3, -0.25) is 4.18 Å². The molecule has 18 heavy (non-hydrogen) atoms. The molecule has 0 rings (SSSR count). The maximum atomic E-state index is 10.1. The zero-order chi connectivity index (χ0) is 12.8. The first-order valence-electron chi connectivity index (χ1n) is 7.04. The number of rotatable bonds is 13. The van der Waals surface area contributed by atoms with E-state index < -0.39 is 11.0 Å². The van der Waals surface area contributed by atoms with Crippen molar-refractivity contribution in [2.45, 2.75) is 77.6 Å². The molecule has 0 aliphatic heterocycles. The second-order valence-corrected chi connectivity index (χ2v) is 5.30. The fourth-order valence-electron chi connectivity index (χ4n) is 1.91. The van der Waals surface area contributed by atoms with Gasteiger partial charge in [-0.25, -0.2) is 8.42 Å². The number of thiol groups is 1. The van der Waals surface area contributed by atoms with Gasteiger partial charge in [-0.2, -0.15) is 0 Å². The van der Waals surface area contributed by atoms with Gasteiger partial charge in [-0.05, 0) is 6.42 Å². The van der Waals surface area contributed by atoms with E-state index in [1.165, 1.54) is 57.8 Å². The van der Waals surface area contributed by atoms with Gasteiger partial charge in [0, 0.05) is 0 Å². The summed E-state index contributed by atoms with van der Waals surface area (Å²) in [5.74, 6) is 0. The average Bonchev–Trinajstić information content (AvgIpc) is 2.30. The summed E-state index contributed by atoms with van der Waals surface area (Å²) in [4.78, 5) is 0. The van der Waals surface area contributed by atoms with Crippen LogP contribution < -0.4 is 0 Å². The zero-order valence-electron chi connectivity index (χ0n) is 11.2. The van der Waals surface area contributed by atoms with E-state index in [-0.39, 0.29) is 18.9 Å². The van der Waals surface area contributed by atoms with Crippen molar-refractivity contribution in [2.24, 2.45) is 0 Å². The normalized spacial score (nSPS) is 10.6. The standard InChI is InChI=1S/C13H28O3S.Li.H/c1-2-3-4-5-6-7-8-9-10-11-12-13-16-17(14)15;;/h17H,2-13H2,1H3;;. The van der Waals surface area contributed by atoms with Crippen LogP contribution in [0.1, 0.15) is 77.6 Å². The Morgan fingerprint density at radius 1 is 0.722 bits per heavy atom. The molecular weight excluding hydrogens is 243 g/mol. The Kier molecular flexibility index (Phi) is 20.2. The van der Waals surface area contributed by atoms with E-state index in [0.29, 0.717) is 6.61 Å². The summed E-state index contributed by atoms with van der Waals surface area (Å²) in [7, 11) is -2.64. The molecule has 0 spiro atoms. The molecule has 0 radical (unpaired) electrons. The molecule has 0 aromatic rings. The number of hydrogen-bond donors (Lipinski definition) is 1. The Morgan fingerprint density at radius 3 is 1.50 bits per heavy atom. The third-order valence-electron chi connectivity index (χ3n) is 2.94. The zero-order valence-corrected chi connectivity index (χ0v) is 12.1. The van der Waals surface area contributed by atoms with Crippen molar-refractivity contribution in [1.29, 1.82) is 0 Å². The van der Waals surface area contributed by atoms with Crippen molar-refractivity contribution >= 4 is 29.8 Å². The quantitative estimate of drug-likeness (QED) is 0.318. The fraction of sp³-hybridized carbons (Fsp3) is 1.00. The molecule has 5 heteroatoms. The molecule has 0 aliphatic carbocycles. The van der Waals surface area contributed by atoms with E-state index >= 15 is 0 Å². The maximum absolute atomic E-state index is 10.1. The number of unbranched alkanes of at least 4 members (excludes halogenated alkanes) is 10. The Labute approximate surface area is 126 Å². The predicted octanol–water partition coefficient (Wildman–Crippen LogP) is 3.19. The first-order valence-corrected chi connectivity index (χ1v) is 8.14. The molecule has 0 aromatic carbocycles. The molecule has 0 bridgehead atoms. The Hall–Kier alpha value is 0.507. The van der Waals surface area contributed by atoms with Crippen LogP contribution in [0.25, 0.3) is 0 Å². The van der Waals surface area contributed by atoms with Gasteiger partial charge in [-0.15, -0.1) is 0 Å². The van der Waals surface area contributed by atoms with Gasteiger partial charge >= 0.3 is 18.9 Å². The van der Waals surface area contributed by atoms with Crippen LogP contribution in [0.5, 0.6) is 0 Å². The van der Waals surface area contributed by atoms with Crippen LogP contribution >= 0.6 is 0 Å². The van der Waals surface area contributed by atoms with Gasteiger partial charge in [0.1, 0.15) is 0 Å². The van der Waals surface area contributed by atoms with Crippen LogP contribution in [0.2, 0.25) is 0 Å². The van der Waals surface area contributed by atoms with Crippen molar-refractivity contribution < 1.29 is 12.6 Å². The second kappa shape index (κ2) is 17.5. The molecule has 0 saturated heterocycles. The van der Waals surface area contributed by atoms with E-state index in [1.54, 1.807) is 0 Å². The first-order chi connectivity index (χ1) is 8.27. The molecule has 0 N–H and O–H groups in total. The molecule has 0 unspecified atom stereocenters. The van der Waals surface area contributed by atoms with Crippen molar-refractivity contribution in [3.05, 3.63) is 0 Å². The summed E-state index contributed by atoms with van der Waals surface area (Å²) in [5, 5.41) is 0. The summed E-state index contributed by atoms with van der Waals surface area (Å²) in [5.41, 5.74) is 0. The van der Waals surface area contributed by atoms with Crippen LogP contribution in [0.15, 0.2) is 0 Å². The summed E-state index contributed by atoms with van der Waals surface area (Å²) in [6.07, 6.45) is 13.9. The summed E-state index contributed by atoms with van der Waals surface area (Å²) in [6, 6.07) is 0. The molecule has 0 fully saturated rings. The monoisotopic (exact) mass is 272 g/mol. The van der Waals surface area contributed by atoms with E-state index in [9.17, 15) is 8.42 Å².